The minimum absolute atomic E-state index is 0.146. The fourth-order valence-electron chi connectivity index (χ4n) is 1.82. The van der Waals surface area contributed by atoms with Crippen LogP contribution in [0.2, 0.25) is 0 Å². The third-order valence-electron chi connectivity index (χ3n) is 2.88. The Kier molecular flexibility index (Phi) is 4.24. The SMILES string of the molecule is O=C(NCC1OCCC(O)C1O)c1ccccn1. The van der Waals surface area contributed by atoms with Crippen molar-refractivity contribution in [2.24, 2.45) is 0 Å². The van der Waals surface area contributed by atoms with Crippen molar-refractivity contribution in [1.29, 1.82) is 0 Å². The van der Waals surface area contributed by atoms with Gasteiger partial charge in [0.1, 0.15) is 17.9 Å². The van der Waals surface area contributed by atoms with Gasteiger partial charge in [-0.15, -0.1) is 0 Å². The molecule has 1 saturated heterocycles. The van der Waals surface area contributed by atoms with Gasteiger partial charge in [-0.25, -0.2) is 0 Å². The summed E-state index contributed by atoms with van der Waals surface area (Å²) < 4.78 is 5.30. The van der Waals surface area contributed by atoms with Gasteiger partial charge in [0, 0.05) is 19.3 Å². The first-order chi connectivity index (χ1) is 8.68. The van der Waals surface area contributed by atoms with E-state index in [1.807, 2.05) is 0 Å². The molecule has 1 aliphatic rings. The Labute approximate surface area is 105 Å². The van der Waals surface area contributed by atoms with Crippen LogP contribution in [0.5, 0.6) is 0 Å². The minimum atomic E-state index is -0.970. The molecule has 1 aromatic heterocycles. The fraction of sp³-hybridized carbons (Fsp3) is 0.500. The summed E-state index contributed by atoms with van der Waals surface area (Å²) in [6.07, 6.45) is -0.407. The van der Waals surface area contributed by atoms with E-state index in [2.05, 4.69) is 10.3 Å². The van der Waals surface area contributed by atoms with Crippen molar-refractivity contribution in [1.82, 2.24) is 10.3 Å². The number of aliphatic hydroxyl groups excluding tert-OH is 2. The van der Waals surface area contributed by atoms with Crippen molar-refractivity contribution in [3.63, 3.8) is 0 Å². The largest absolute Gasteiger partial charge is 0.390 e. The van der Waals surface area contributed by atoms with E-state index in [1.54, 1.807) is 18.2 Å². The second-order valence-corrected chi connectivity index (χ2v) is 4.18. The number of rotatable bonds is 3. The van der Waals surface area contributed by atoms with Gasteiger partial charge in [-0.1, -0.05) is 6.07 Å². The molecule has 0 spiro atoms. The van der Waals surface area contributed by atoms with Crippen molar-refractivity contribution in [3.05, 3.63) is 30.1 Å². The van der Waals surface area contributed by atoms with Crippen LogP contribution in [0.25, 0.3) is 0 Å². The molecule has 1 fully saturated rings. The number of aromatic nitrogens is 1. The van der Waals surface area contributed by atoms with Crippen molar-refractivity contribution in [3.8, 4) is 0 Å². The molecule has 0 bridgehead atoms. The highest BCUT2D eigenvalue weighted by Crippen LogP contribution is 2.14. The highest BCUT2D eigenvalue weighted by molar-refractivity contribution is 5.92. The third-order valence-corrected chi connectivity index (χ3v) is 2.88. The second-order valence-electron chi connectivity index (χ2n) is 4.18. The molecule has 6 heteroatoms. The van der Waals surface area contributed by atoms with E-state index in [4.69, 9.17) is 4.74 Å². The Balaban J connectivity index is 1.86. The average Bonchev–Trinajstić information content (AvgIpc) is 2.41. The first-order valence-electron chi connectivity index (χ1n) is 5.85. The Morgan fingerprint density at radius 2 is 2.33 bits per heavy atom. The fourth-order valence-corrected chi connectivity index (χ4v) is 1.82. The molecule has 0 saturated carbocycles. The maximum absolute atomic E-state index is 11.7. The Bertz CT molecular complexity index is 398. The number of amides is 1. The monoisotopic (exact) mass is 252 g/mol. The van der Waals surface area contributed by atoms with Crippen LogP contribution in [0, 0.1) is 0 Å². The van der Waals surface area contributed by atoms with Gasteiger partial charge in [0.05, 0.1) is 6.10 Å². The normalized spacial score (nSPS) is 27.8. The predicted octanol–water partition coefficient (Wildman–Crippen LogP) is -0.678. The Morgan fingerprint density at radius 3 is 3.06 bits per heavy atom. The number of carbonyl (C=O) groups excluding carboxylic acids is 1. The van der Waals surface area contributed by atoms with Crippen LogP contribution in [0.3, 0.4) is 0 Å². The topological polar surface area (TPSA) is 91.7 Å². The van der Waals surface area contributed by atoms with E-state index >= 15 is 0 Å². The van der Waals surface area contributed by atoms with E-state index in [0.29, 0.717) is 18.7 Å². The summed E-state index contributed by atoms with van der Waals surface area (Å²) in [5.74, 6) is -0.327. The van der Waals surface area contributed by atoms with Crippen LogP contribution >= 0.6 is 0 Å². The molecular formula is C12H16N2O4. The minimum Gasteiger partial charge on any atom is -0.390 e. The lowest BCUT2D eigenvalue weighted by atomic mass is 10.0. The zero-order valence-corrected chi connectivity index (χ0v) is 9.82. The first-order valence-corrected chi connectivity index (χ1v) is 5.85. The number of hydrogen-bond donors (Lipinski definition) is 3. The molecule has 1 amide bonds. The van der Waals surface area contributed by atoms with Crippen molar-refractivity contribution in [2.75, 3.05) is 13.2 Å². The van der Waals surface area contributed by atoms with Gasteiger partial charge < -0.3 is 20.3 Å². The molecule has 0 aromatic carbocycles. The lowest BCUT2D eigenvalue weighted by molar-refractivity contribution is -0.132. The predicted molar refractivity (Wildman–Crippen MR) is 62.9 cm³/mol. The molecule has 6 nitrogen and oxygen atoms in total. The zero-order valence-electron chi connectivity index (χ0n) is 9.82. The molecule has 1 aliphatic heterocycles. The van der Waals surface area contributed by atoms with Crippen molar-refractivity contribution in [2.45, 2.75) is 24.7 Å². The van der Waals surface area contributed by atoms with Crippen LogP contribution in [0.1, 0.15) is 16.9 Å². The molecule has 3 atom stereocenters. The van der Waals surface area contributed by atoms with Crippen LogP contribution < -0.4 is 5.32 Å². The van der Waals surface area contributed by atoms with Gasteiger partial charge in [0.2, 0.25) is 0 Å². The number of pyridine rings is 1. The van der Waals surface area contributed by atoms with Crippen LogP contribution in [0.15, 0.2) is 24.4 Å². The van der Waals surface area contributed by atoms with Gasteiger partial charge in [-0.2, -0.15) is 0 Å². The van der Waals surface area contributed by atoms with Gasteiger partial charge >= 0.3 is 0 Å². The van der Waals surface area contributed by atoms with E-state index in [9.17, 15) is 15.0 Å². The molecule has 98 valence electrons. The molecule has 18 heavy (non-hydrogen) atoms. The molecule has 3 N–H and O–H groups in total. The molecular weight excluding hydrogens is 236 g/mol. The van der Waals surface area contributed by atoms with Crippen molar-refractivity contribution < 1.29 is 19.7 Å². The van der Waals surface area contributed by atoms with E-state index < -0.39 is 18.3 Å². The number of ether oxygens (including phenoxy) is 1. The summed E-state index contributed by atoms with van der Waals surface area (Å²) in [5.41, 5.74) is 0.309. The number of carbonyl (C=O) groups is 1. The third kappa shape index (κ3) is 3.04. The van der Waals surface area contributed by atoms with Crippen LogP contribution in [-0.4, -0.2) is 52.6 Å². The summed E-state index contributed by atoms with van der Waals surface area (Å²) in [6, 6.07) is 5.04. The summed E-state index contributed by atoms with van der Waals surface area (Å²) >= 11 is 0. The smallest absolute Gasteiger partial charge is 0.269 e. The van der Waals surface area contributed by atoms with Crippen LogP contribution in [-0.2, 0) is 4.74 Å². The Morgan fingerprint density at radius 1 is 1.50 bits per heavy atom. The zero-order chi connectivity index (χ0) is 13.0. The summed E-state index contributed by atoms with van der Waals surface area (Å²) in [7, 11) is 0. The Hall–Kier alpha value is -1.50. The van der Waals surface area contributed by atoms with Gasteiger partial charge in [-0.05, 0) is 18.6 Å². The van der Waals surface area contributed by atoms with Gasteiger partial charge in [-0.3, -0.25) is 9.78 Å². The second kappa shape index (κ2) is 5.90. The van der Waals surface area contributed by atoms with E-state index in [0.717, 1.165) is 0 Å². The molecule has 3 unspecified atom stereocenters. The molecule has 0 aliphatic carbocycles. The maximum Gasteiger partial charge on any atom is 0.269 e. The van der Waals surface area contributed by atoms with Crippen molar-refractivity contribution >= 4 is 5.91 Å². The molecule has 2 rings (SSSR count). The molecule has 2 heterocycles. The van der Waals surface area contributed by atoms with E-state index in [1.165, 1.54) is 6.20 Å². The number of nitrogens with zero attached hydrogens (tertiary/aromatic N) is 1. The van der Waals surface area contributed by atoms with Crippen LogP contribution in [0.4, 0.5) is 0 Å². The lowest BCUT2D eigenvalue weighted by Gasteiger charge is -2.31. The van der Waals surface area contributed by atoms with Gasteiger partial charge in [0.25, 0.3) is 5.91 Å². The van der Waals surface area contributed by atoms with E-state index in [-0.39, 0.29) is 12.5 Å². The molecule has 0 radical (unpaired) electrons. The number of hydrogen-bond acceptors (Lipinski definition) is 5. The average molecular weight is 252 g/mol. The quantitative estimate of drug-likeness (QED) is 0.663. The standard InChI is InChI=1S/C12H16N2O4/c15-9-4-6-18-10(11(9)16)7-14-12(17)8-3-1-2-5-13-8/h1-3,5,9-11,15-16H,4,6-7H2,(H,14,17). The summed E-state index contributed by atoms with van der Waals surface area (Å²) in [5, 5.41) is 21.8. The molecule has 1 aromatic rings. The number of nitrogens with one attached hydrogen (secondary N) is 1. The summed E-state index contributed by atoms with van der Waals surface area (Å²) in [6.45, 7) is 0.524. The van der Waals surface area contributed by atoms with Gasteiger partial charge in [0.15, 0.2) is 0 Å². The summed E-state index contributed by atoms with van der Waals surface area (Å²) in [4.78, 5) is 15.6. The highest BCUT2D eigenvalue weighted by Gasteiger charge is 2.31. The maximum atomic E-state index is 11.7. The lowest BCUT2D eigenvalue weighted by Crippen LogP contribution is -2.49. The highest BCUT2D eigenvalue weighted by atomic mass is 16.5. The first kappa shape index (κ1) is 12.9. The number of aliphatic hydroxyl groups is 2.